The van der Waals surface area contributed by atoms with Crippen LogP contribution in [-0.2, 0) is 4.79 Å². The predicted molar refractivity (Wildman–Crippen MR) is 100 cm³/mol. The van der Waals surface area contributed by atoms with E-state index in [1.54, 1.807) is 29.2 Å². The van der Waals surface area contributed by atoms with E-state index in [1.807, 2.05) is 36.4 Å². The number of hydrogen-bond donors (Lipinski definition) is 1. The second kappa shape index (κ2) is 7.36. The highest BCUT2D eigenvalue weighted by Gasteiger charge is 2.34. The molecule has 1 amide bonds. The normalized spacial score (nSPS) is 17.9. The molecule has 0 atom stereocenters. The van der Waals surface area contributed by atoms with E-state index in [0.29, 0.717) is 16.6 Å². The van der Waals surface area contributed by atoms with Crippen LogP contribution >= 0.6 is 11.8 Å². The van der Waals surface area contributed by atoms with Crippen LogP contribution in [0.3, 0.4) is 0 Å². The Morgan fingerprint density at radius 3 is 2.50 bits per heavy atom. The average Bonchev–Trinajstić information content (AvgIpc) is 2.91. The molecule has 24 heavy (non-hydrogen) atoms. The Morgan fingerprint density at radius 1 is 1.12 bits per heavy atom. The zero-order valence-electron chi connectivity index (χ0n) is 13.3. The number of phenolic OH excluding ortho intramolecular Hbond substituents is 1. The third-order valence-electron chi connectivity index (χ3n) is 3.48. The summed E-state index contributed by atoms with van der Waals surface area (Å²) in [7, 11) is 0. The monoisotopic (exact) mass is 338 g/mol. The first kappa shape index (κ1) is 16.3. The number of amides is 1. The van der Waals surface area contributed by atoms with Crippen LogP contribution in [0, 0.1) is 0 Å². The number of thioether (sulfide) groups is 1. The highest BCUT2D eigenvalue weighted by Crippen LogP contribution is 2.36. The third kappa shape index (κ3) is 3.51. The summed E-state index contributed by atoms with van der Waals surface area (Å²) in [5, 5.41) is 10.1. The van der Waals surface area contributed by atoms with Gasteiger partial charge in [0.2, 0.25) is 0 Å². The highest BCUT2D eigenvalue weighted by molar-refractivity contribution is 8.19. The number of anilines is 1. The van der Waals surface area contributed by atoms with Gasteiger partial charge < -0.3 is 5.11 Å². The SMILES string of the molecule is CCC/N=C1\S/C(=C\c2ccc(O)cc2)C(=O)N1c1ccccc1. The lowest BCUT2D eigenvalue weighted by Gasteiger charge is -2.15. The Hall–Kier alpha value is -2.53. The van der Waals surface area contributed by atoms with Crippen molar-refractivity contribution in [3.05, 3.63) is 65.1 Å². The van der Waals surface area contributed by atoms with Crippen LogP contribution in [0.1, 0.15) is 18.9 Å². The van der Waals surface area contributed by atoms with Crippen molar-refractivity contribution >= 4 is 34.6 Å². The van der Waals surface area contributed by atoms with Gasteiger partial charge in [-0.1, -0.05) is 37.3 Å². The van der Waals surface area contributed by atoms with Crippen LogP contribution in [-0.4, -0.2) is 22.7 Å². The molecule has 0 spiro atoms. The molecular weight excluding hydrogens is 320 g/mol. The lowest BCUT2D eigenvalue weighted by molar-refractivity contribution is -0.113. The van der Waals surface area contributed by atoms with Gasteiger partial charge in [0, 0.05) is 6.54 Å². The van der Waals surface area contributed by atoms with E-state index in [1.165, 1.54) is 11.8 Å². The Labute approximate surface area is 145 Å². The fourth-order valence-corrected chi connectivity index (χ4v) is 3.32. The van der Waals surface area contributed by atoms with Crippen LogP contribution < -0.4 is 4.90 Å². The number of carbonyl (C=O) groups excluding carboxylic acids is 1. The fourth-order valence-electron chi connectivity index (χ4n) is 2.31. The summed E-state index contributed by atoms with van der Waals surface area (Å²) < 4.78 is 0. The van der Waals surface area contributed by atoms with Gasteiger partial charge in [0.1, 0.15) is 5.75 Å². The van der Waals surface area contributed by atoms with Crippen molar-refractivity contribution in [2.24, 2.45) is 4.99 Å². The quantitative estimate of drug-likeness (QED) is 0.847. The molecule has 2 aromatic carbocycles. The number of hydrogen-bond acceptors (Lipinski definition) is 4. The molecule has 122 valence electrons. The highest BCUT2D eigenvalue weighted by atomic mass is 32.2. The zero-order valence-corrected chi connectivity index (χ0v) is 14.2. The maximum Gasteiger partial charge on any atom is 0.271 e. The topological polar surface area (TPSA) is 52.9 Å². The summed E-state index contributed by atoms with van der Waals surface area (Å²) in [5.41, 5.74) is 1.69. The van der Waals surface area contributed by atoms with Crippen LogP contribution in [0.5, 0.6) is 5.75 Å². The number of carbonyl (C=O) groups is 1. The number of phenols is 1. The largest absolute Gasteiger partial charge is 0.508 e. The molecule has 3 rings (SSSR count). The fraction of sp³-hybridized carbons (Fsp3) is 0.158. The Kier molecular flexibility index (Phi) is 5.01. The average molecular weight is 338 g/mol. The summed E-state index contributed by atoms with van der Waals surface area (Å²) in [6, 6.07) is 16.3. The van der Waals surface area contributed by atoms with Gasteiger partial charge in [-0.05, 0) is 54.1 Å². The van der Waals surface area contributed by atoms with Crippen molar-refractivity contribution in [1.82, 2.24) is 0 Å². The molecule has 0 bridgehead atoms. The van der Waals surface area contributed by atoms with Crippen LogP contribution in [0.2, 0.25) is 0 Å². The minimum atomic E-state index is -0.0749. The van der Waals surface area contributed by atoms with Gasteiger partial charge in [0.25, 0.3) is 5.91 Å². The van der Waals surface area contributed by atoms with Gasteiger partial charge >= 0.3 is 0 Å². The number of rotatable bonds is 4. The molecule has 0 aromatic heterocycles. The van der Waals surface area contributed by atoms with Gasteiger partial charge in [-0.15, -0.1) is 0 Å². The first-order valence-electron chi connectivity index (χ1n) is 7.81. The second-order valence-corrected chi connectivity index (χ2v) is 6.35. The van der Waals surface area contributed by atoms with Crippen molar-refractivity contribution in [1.29, 1.82) is 0 Å². The number of aromatic hydroxyl groups is 1. The molecule has 0 radical (unpaired) electrons. The first-order chi connectivity index (χ1) is 11.7. The van der Waals surface area contributed by atoms with Crippen molar-refractivity contribution in [2.75, 3.05) is 11.4 Å². The van der Waals surface area contributed by atoms with Crippen LogP contribution in [0.15, 0.2) is 64.5 Å². The number of aliphatic imine (C=N–C) groups is 1. The van der Waals surface area contributed by atoms with Crippen LogP contribution in [0.4, 0.5) is 5.69 Å². The van der Waals surface area contributed by atoms with Gasteiger partial charge in [-0.25, -0.2) is 0 Å². The van der Waals surface area contributed by atoms with E-state index in [0.717, 1.165) is 17.7 Å². The van der Waals surface area contributed by atoms with E-state index in [9.17, 15) is 9.90 Å². The van der Waals surface area contributed by atoms with Crippen molar-refractivity contribution in [3.8, 4) is 5.75 Å². The maximum absolute atomic E-state index is 12.9. The van der Waals surface area contributed by atoms with Crippen molar-refractivity contribution in [3.63, 3.8) is 0 Å². The molecular formula is C19H18N2O2S. The summed E-state index contributed by atoms with van der Waals surface area (Å²) in [5.74, 6) is 0.132. The second-order valence-electron chi connectivity index (χ2n) is 5.34. The van der Waals surface area contributed by atoms with Crippen molar-refractivity contribution < 1.29 is 9.90 Å². The number of nitrogens with zero attached hydrogens (tertiary/aromatic N) is 2. The Morgan fingerprint density at radius 2 is 1.83 bits per heavy atom. The van der Waals surface area contributed by atoms with Gasteiger partial charge in [-0.2, -0.15) is 0 Å². The third-order valence-corrected chi connectivity index (χ3v) is 4.49. The smallest absolute Gasteiger partial charge is 0.271 e. The molecule has 1 aliphatic heterocycles. The maximum atomic E-state index is 12.9. The Bertz CT molecular complexity index is 783. The minimum absolute atomic E-state index is 0.0749. The standard InChI is InChI=1S/C19H18N2O2S/c1-2-12-20-19-21(15-6-4-3-5-7-15)18(23)17(24-19)13-14-8-10-16(22)11-9-14/h3-11,13,22H,2,12H2,1H3/b17-13-,20-19-. The molecule has 1 heterocycles. The van der Waals surface area contributed by atoms with Gasteiger partial charge in [-0.3, -0.25) is 14.7 Å². The molecule has 0 aliphatic carbocycles. The zero-order chi connectivity index (χ0) is 16.9. The van der Waals surface area contributed by atoms with E-state index in [4.69, 9.17) is 0 Å². The molecule has 2 aromatic rings. The van der Waals surface area contributed by atoms with E-state index >= 15 is 0 Å². The molecule has 1 N–H and O–H groups in total. The lowest BCUT2D eigenvalue weighted by Crippen LogP contribution is -2.28. The Balaban J connectivity index is 1.96. The first-order valence-corrected chi connectivity index (χ1v) is 8.63. The molecule has 4 nitrogen and oxygen atoms in total. The minimum Gasteiger partial charge on any atom is -0.508 e. The molecule has 1 fully saturated rings. The predicted octanol–water partition coefficient (Wildman–Crippen LogP) is 4.28. The molecule has 1 aliphatic rings. The van der Waals surface area contributed by atoms with Gasteiger partial charge in [0.15, 0.2) is 5.17 Å². The van der Waals surface area contributed by atoms with Crippen molar-refractivity contribution in [2.45, 2.75) is 13.3 Å². The van der Waals surface area contributed by atoms with Gasteiger partial charge in [0.05, 0.1) is 10.6 Å². The van der Waals surface area contributed by atoms with E-state index in [2.05, 4.69) is 11.9 Å². The number of benzene rings is 2. The molecule has 5 heteroatoms. The summed E-state index contributed by atoms with van der Waals surface area (Å²) >= 11 is 1.39. The number of amidine groups is 1. The summed E-state index contributed by atoms with van der Waals surface area (Å²) in [4.78, 5) is 19.7. The molecule has 0 saturated carbocycles. The molecule has 1 saturated heterocycles. The van der Waals surface area contributed by atoms with E-state index in [-0.39, 0.29) is 11.7 Å². The summed E-state index contributed by atoms with van der Waals surface area (Å²) in [6.45, 7) is 2.75. The van der Waals surface area contributed by atoms with Crippen LogP contribution in [0.25, 0.3) is 6.08 Å². The lowest BCUT2D eigenvalue weighted by atomic mass is 10.2. The summed E-state index contributed by atoms with van der Waals surface area (Å²) in [6.07, 6.45) is 2.76. The molecule has 0 unspecified atom stereocenters. The number of para-hydroxylation sites is 1. The van der Waals surface area contributed by atoms with E-state index < -0.39 is 0 Å².